The van der Waals surface area contributed by atoms with E-state index in [2.05, 4.69) is 10.6 Å². The number of anilines is 1. The second kappa shape index (κ2) is 8.86. The van der Waals surface area contributed by atoms with Gasteiger partial charge < -0.3 is 21.1 Å². The summed E-state index contributed by atoms with van der Waals surface area (Å²) in [6.07, 6.45) is 0. The highest BCUT2D eigenvalue weighted by Gasteiger charge is 2.35. The third kappa shape index (κ3) is 4.53. The number of ether oxygens (including phenoxy) is 1. The van der Waals surface area contributed by atoms with Crippen molar-refractivity contribution in [2.45, 2.75) is 10.9 Å². The van der Waals surface area contributed by atoms with E-state index in [0.29, 0.717) is 41.1 Å². The van der Waals surface area contributed by atoms with Gasteiger partial charge in [-0.25, -0.2) is 8.42 Å². The zero-order valence-electron chi connectivity index (χ0n) is 15.3. The average Bonchev–Trinajstić information content (AvgIpc) is 2.67. The van der Waals surface area contributed by atoms with Crippen LogP contribution in [0.15, 0.2) is 41.3 Å². The van der Waals surface area contributed by atoms with E-state index in [-0.39, 0.29) is 23.2 Å². The third-order valence-electron chi connectivity index (χ3n) is 4.45. The number of piperazine rings is 1. The van der Waals surface area contributed by atoms with Gasteiger partial charge in [-0.05, 0) is 36.4 Å². The smallest absolute Gasteiger partial charge is 0.247 e. The van der Waals surface area contributed by atoms with Gasteiger partial charge in [0.2, 0.25) is 10.0 Å². The molecule has 1 saturated heterocycles. The molecule has 1 fully saturated rings. The number of benzene rings is 2. The number of nitrogens with two attached hydrogens (primary N) is 1. The molecule has 1 unspecified atom stereocenters. The molecule has 0 radical (unpaired) electrons. The Morgan fingerprint density at radius 1 is 1.25 bits per heavy atom. The highest BCUT2D eigenvalue weighted by atomic mass is 35.5. The first-order valence-corrected chi connectivity index (χ1v) is 10.9. The van der Waals surface area contributed by atoms with Crippen molar-refractivity contribution < 1.29 is 13.2 Å². The number of sulfonamides is 1. The first-order valence-electron chi connectivity index (χ1n) is 8.73. The molecule has 1 aliphatic rings. The molecule has 2 aromatic rings. The van der Waals surface area contributed by atoms with Gasteiger partial charge in [-0.15, -0.1) is 0 Å². The van der Waals surface area contributed by atoms with Gasteiger partial charge in [-0.1, -0.05) is 23.2 Å². The maximum Gasteiger partial charge on any atom is 0.247 e. The van der Waals surface area contributed by atoms with Crippen molar-refractivity contribution in [2.75, 3.05) is 38.5 Å². The molecular formula is C18H22Cl2N4O3S. The predicted molar refractivity (Wildman–Crippen MR) is 112 cm³/mol. The Kier molecular flexibility index (Phi) is 6.69. The van der Waals surface area contributed by atoms with Crippen molar-refractivity contribution in [3.05, 3.63) is 46.4 Å². The van der Waals surface area contributed by atoms with Gasteiger partial charge in [0.25, 0.3) is 0 Å². The Bertz CT molecular complexity index is 936. The first-order chi connectivity index (χ1) is 13.3. The summed E-state index contributed by atoms with van der Waals surface area (Å²) in [6.45, 7) is 1.61. The SMILES string of the molecule is CNc1ccc(Oc2cc(Cl)cc(Cl)c2)c(S(=O)(=O)N2CCNCC2CN)c1. The van der Waals surface area contributed by atoms with Crippen LogP contribution in [0.25, 0.3) is 0 Å². The highest BCUT2D eigenvalue weighted by Crippen LogP contribution is 2.35. The Hall–Kier alpha value is -1.55. The lowest BCUT2D eigenvalue weighted by molar-refractivity contribution is 0.272. The van der Waals surface area contributed by atoms with Crippen LogP contribution in [-0.2, 0) is 10.0 Å². The maximum absolute atomic E-state index is 13.5. The van der Waals surface area contributed by atoms with Gasteiger partial charge >= 0.3 is 0 Å². The summed E-state index contributed by atoms with van der Waals surface area (Å²) in [5, 5.41) is 6.91. The summed E-state index contributed by atoms with van der Waals surface area (Å²) in [5.41, 5.74) is 6.45. The third-order valence-corrected chi connectivity index (χ3v) is 6.86. The summed E-state index contributed by atoms with van der Waals surface area (Å²) in [7, 11) is -2.13. The Balaban J connectivity index is 2.05. The molecule has 0 aliphatic carbocycles. The molecule has 2 aromatic carbocycles. The fourth-order valence-corrected chi connectivity index (χ4v) is 5.33. The molecule has 7 nitrogen and oxygen atoms in total. The highest BCUT2D eigenvalue weighted by molar-refractivity contribution is 7.89. The monoisotopic (exact) mass is 444 g/mol. The van der Waals surface area contributed by atoms with Gasteiger partial charge in [0.15, 0.2) is 0 Å². The second-order valence-electron chi connectivity index (χ2n) is 6.33. The van der Waals surface area contributed by atoms with E-state index >= 15 is 0 Å². The van der Waals surface area contributed by atoms with E-state index < -0.39 is 10.0 Å². The lowest BCUT2D eigenvalue weighted by Crippen LogP contribution is -2.56. The van der Waals surface area contributed by atoms with Crippen LogP contribution in [0.2, 0.25) is 10.0 Å². The number of rotatable bonds is 6. The molecule has 1 atom stereocenters. The van der Waals surface area contributed by atoms with E-state index in [1.54, 1.807) is 43.4 Å². The van der Waals surface area contributed by atoms with Crippen molar-refractivity contribution in [2.24, 2.45) is 5.73 Å². The fraction of sp³-hybridized carbons (Fsp3) is 0.333. The molecule has 0 spiro atoms. The van der Waals surface area contributed by atoms with Gasteiger partial charge in [0, 0.05) is 55.0 Å². The molecule has 0 bridgehead atoms. The molecule has 1 aliphatic heterocycles. The molecule has 4 N–H and O–H groups in total. The topological polar surface area (TPSA) is 96.7 Å². The van der Waals surface area contributed by atoms with Crippen molar-refractivity contribution in [3.8, 4) is 11.5 Å². The van der Waals surface area contributed by atoms with Crippen LogP contribution in [0.4, 0.5) is 5.69 Å². The van der Waals surface area contributed by atoms with E-state index in [1.807, 2.05) is 0 Å². The van der Waals surface area contributed by atoms with E-state index in [1.165, 1.54) is 4.31 Å². The van der Waals surface area contributed by atoms with Crippen molar-refractivity contribution in [3.63, 3.8) is 0 Å². The predicted octanol–water partition coefficient (Wildman–Crippen LogP) is 2.75. The summed E-state index contributed by atoms with van der Waals surface area (Å²) < 4.78 is 34.2. The zero-order chi connectivity index (χ0) is 20.3. The Morgan fingerprint density at radius 2 is 1.96 bits per heavy atom. The standard InChI is InChI=1S/C18H22Cl2N4O3S/c1-22-14-2-3-17(27-16-7-12(19)6-13(20)8-16)18(9-14)28(25,26)24-5-4-23-11-15(24)10-21/h2-3,6-9,15,22-23H,4-5,10-11,21H2,1H3. The quantitative estimate of drug-likeness (QED) is 0.633. The molecule has 10 heteroatoms. The second-order valence-corrected chi connectivity index (χ2v) is 9.06. The van der Waals surface area contributed by atoms with E-state index in [4.69, 9.17) is 33.7 Å². The van der Waals surface area contributed by atoms with Crippen molar-refractivity contribution in [1.29, 1.82) is 0 Å². The van der Waals surface area contributed by atoms with Crippen LogP contribution in [0.5, 0.6) is 11.5 Å². The summed E-state index contributed by atoms with van der Waals surface area (Å²) in [4.78, 5) is 0.0517. The Morgan fingerprint density at radius 3 is 2.61 bits per heavy atom. The summed E-state index contributed by atoms with van der Waals surface area (Å²) in [5.74, 6) is 0.536. The van der Waals surface area contributed by atoms with Crippen molar-refractivity contribution >= 4 is 38.9 Å². The molecule has 3 rings (SSSR count). The molecule has 28 heavy (non-hydrogen) atoms. The minimum atomic E-state index is -3.84. The number of nitrogens with zero attached hydrogens (tertiary/aromatic N) is 1. The van der Waals surface area contributed by atoms with Crippen LogP contribution in [0, 0.1) is 0 Å². The van der Waals surface area contributed by atoms with Crippen LogP contribution < -0.4 is 21.1 Å². The molecule has 1 heterocycles. The van der Waals surface area contributed by atoms with E-state index in [0.717, 1.165) is 0 Å². The zero-order valence-corrected chi connectivity index (χ0v) is 17.6. The fourth-order valence-electron chi connectivity index (χ4n) is 3.05. The first kappa shape index (κ1) is 21.2. The van der Waals surface area contributed by atoms with Crippen LogP contribution in [0.3, 0.4) is 0 Å². The maximum atomic E-state index is 13.5. The van der Waals surface area contributed by atoms with Gasteiger partial charge in [0.1, 0.15) is 16.4 Å². The molecular weight excluding hydrogens is 423 g/mol. The molecule has 152 valence electrons. The molecule has 0 saturated carbocycles. The minimum Gasteiger partial charge on any atom is -0.456 e. The van der Waals surface area contributed by atoms with Crippen LogP contribution in [-0.4, -0.2) is 52.0 Å². The minimum absolute atomic E-state index is 0.0517. The summed E-state index contributed by atoms with van der Waals surface area (Å²) in [6, 6.07) is 9.28. The molecule has 0 aromatic heterocycles. The van der Waals surface area contributed by atoms with Crippen LogP contribution >= 0.6 is 23.2 Å². The number of hydrogen-bond acceptors (Lipinski definition) is 6. The van der Waals surface area contributed by atoms with Crippen molar-refractivity contribution in [1.82, 2.24) is 9.62 Å². The molecule has 0 amide bonds. The van der Waals surface area contributed by atoms with Gasteiger partial charge in [-0.3, -0.25) is 0 Å². The average molecular weight is 445 g/mol. The number of halogens is 2. The van der Waals surface area contributed by atoms with Gasteiger partial charge in [-0.2, -0.15) is 4.31 Å². The lowest BCUT2D eigenvalue weighted by atomic mass is 10.2. The normalized spacial score (nSPS) is 18.1. The number of hydrogen-bond donors (Lipinski definition) is 3. The van der Waals surface area contributed by atoms with Crippen LogP contribution in [0.1, 0.15) is 0 Å². The summed E-state index contributed by atoms with van der Waals surface area (Å²) >= 11 is 12.1. The van der Waals surface area contributed by atoms with E-state index in [9.17, 15) is 8.42 Å². The largest absolute Gasteiger partial charge is 0.456 e. The lowest BCUT2D eigenvalue weighted by Gasteiger charge is -2.34. The Labute approximate surface area is 174 Å². The number of nitrogens with one attached hydrogen (secondary N) is 2. The van der Waals surface area contributed by atoms with Gasteiger partial charge in [0.05, 0.1) is 0 Å².